The summed E-state index contributed by atoms with van der Waals surface area (Å²) in [5, 5.41) is 3.01. The van der Waals surface area contributed by atoms with Gasteiger partial charge >= 0.3 is 0 Å². The summed E-state index contributed by atoms with van der Waals surface area (Å²) in [6.07, 6.45) is 3.48. The molecule has 1 heterocycles. The van der Waals surface area contributed by atoms with E-state index in [-0.39, 0.29) is 5.91 Å². The van der Waals surface area contributed by atoms with E-state index in [0.717, 1.165) is 36.8 Å². The Morgan fingerprint density at radius 3 is 2.31 bits per heavy atom. The molecule has 1 aliphatic rings. The number of amides is 1. The minimum Gasteiger partial charge on any atom is -0.378 e. The highest BCUT2D eigenvalue weighted by Crippen LogP contribution is 2.22. The van der Waals surface area contributed by atoms with Crippen LogP contribution < -0.4 is 10.2 Å². The molecule has 26 heavy (non-hydrogen) atoms. The van der Waals surface area contributed by atoms with Gasteiger partial charge in [-0.15, -0.1) is 0 Å². The molecule has 4 nitrogen and oxygen atoms in total. The van der Waals surface area contributed by atoms with Crippen molar-refractivity contribution in [1.82, 2.24) is 4.90 Å². The van der Waals surface area contributed by atoms with Crippen molar-refractivity contribution in [3.05, 3.63) is 60.2 Å². The fourth-order valence-corrected chi connectivity index (χ4v) is 3.54. The maximum absolute atomic E-state index is 12.3. The third kappa shape index (κ3) is 5.33. The number of hydrogen-bond donors (Lipinski definition) is 1. The van der Waals surface area contributed by atoms with Gasteiger partial charge in [0.2, 0.25) is 5.91 Å². The Labute approximate surface area is 156 Å². The van der Waals surface area contributed by atoms with Gasteiger partial charge in [0.05, 0.1) is 6.54 Å². The third-order valence-corrected chi connectivity index (χ3v) is 5.11. The topological polar surface area (TPSA) is 35.6 Å². The lowest BCUT2D eigenvalue weighted by Crippen LogP contribution is -2.39. The molecule has 0 radical (unpaired) electrons. The normalized spacial score (nSPS) is 15.6. The van der Waals surface area contributed by atoms with E-state index in [1.54, 1.807) is 0 Å². The number of anilines is 2. The Hall–Kier alpha value is -2.33. The SMILES string of the molecule is CN(C)c1ccc(NC(=O)CN2CCC(Cc3ccccc3)CC2)cc1. The number of benzene rings is 2. The van der Waals surface area contributed by atoms with Crippen LogP contribution in [0.25, 0.3) is 0 Å². The molecular formula is C22H29N3O. The average molecular weight is 351 g/mol. The quantitative estimate of drug-likeness (QED) is 0.863. The second-order valence-corrected chi connectivity index (χ2v) is 7.40. The van der Waals surface area contributed by atoms with Crippen molar-refractivity contribution in [2.45, 2.75) is 19.3 Å². The van der Waals surface area contributed by atoms with Gasteiger partial charge in [0, 0.05) is 25.5 Å². The van der Waals surface area contributed by atoms with Crippen molar-refractivity contribution in [3.63, 3.8) is 0 Å². The second-order valence-electron chi connectivity index (χ2n) is 7.40. The Bertz CT molecular complexity index is 689. The summed E-state index contributed by atoms with van der Waals surface area (Å²) in [5.41, 5.74) is 3.41. The van der Waals surface area contributed by atoms with E-state index in [4.69, 9.17) is 0 Å². The fourth-order valence-electron chi connectivity index (χ4n) is 3.54. The summed E-state index contributed by atoms with van der Waals surface area (Å²) in [6.45, 7) is 2.49. The van der Waals surface area contributed by atoms with Crippen molar-refractivity contribution in [3.8, 4) is 0 Å². The van der Waals surface area contributed by atoms with Gasteiger partial charge in [-0.05, 0) is 68.1 Å². The van der Waals surface area contributed by atoms with Gasteiger partial charge in [-0.2, -0.15) is 0 Å². The molecule has 138 valence electrons. The summed E-state index contributed by atoms with van der Waals surface area (Å²) >= 11 is 0. The van der Waals surface area contributed by atoms with E-state index >= 15 is 0 Å². The highest BCUT2D eigenvalue weighted by Gasteiger charge is 2.21. The zero-order chi connectivity index (χ0) is 18.4. The Kier molecular flexibility index (Phi) is 6.29. The molecule has 0 spiro atoms. The molecule has 0 aromatic heterocycles. The van der Waals surface area contributed by atoms with E-state index in [1.165, 1.54) is 18.4 Å². The summed E-state index contributed by atoms with van der Waals surface area (Å²) in [6, 6.07) is 18.7. The predicted molar refractivity (Wildman–Crippen MR) is 109 cm³/mol. The maximum Gasteiger partial charge on any atom is 0.238 e. The largest absolute Gasteiger partial charge is 0.378 e. The minimum absolute atomic E-state index is 0.0733. The van der Waals surface area contributed by atoms with Crippen LogP contribution in [0.3, 0.4) is 0 Å². The molecule has 0 atom stereocenters. The minimum atomic E-state index is 0.0733. The smallest absolute Gasteiger partial charge is 0.238 e. The zero-order valence-corrected chi connectivity index (χ0v) is 15.8. The number of piperidine rings is 1. The molecule has 0 bridgehead atoms. The van der Waals surface area contributed by atoms with Gasteiger partial charge in [0.25, 0.3) is 0 Å². The monoisotopic (exact) mass is 351 g/mol. The maximum atomic E-state index is 12.3. The predicted octanol–water partition coefficient (Wildman–Crippen LogP) is 3.65. The molecule has 0 unspecified atom stereocenters. The molecule has 2 aromatic rings. The van der Waals surface area contributed by atoms with Crippen LogP contribution in [0.4, 0.5) is 11.4 Å². The lowest BCUT2D eigenvalue weighted by atomic mass is 9.90. The van der Waals surface area contributed by atoms with Crippen LogP contribution in [0.15, 0.2) is 54.6 Å². The molecule has 0 aliphatic carbocycles. The summed E-state index contributed by atoms with van der Waals surface area (Å²) in [7, 11) is 4.02. The van der Waals surface area contributed by atoms with Crippen molar-refractivity contribution in [1.29, 1.82) is 0 Å². The third-order valence-electron chi connectivity index (χ3n) is 5.11. The van der Waals surface area contributed by atoms with Crippen LogP contribution in [0.5, 0.6) is 0 Å². The van der Waals surface area contributed by atoms with Crippen LogP contribution in [-0.2, 0) is 11.2 Å². The Morgan fingerprint density at radius 1 is 1.04 bits per heavy atom. The van der Waals surface area contributed by atoms with E-state index in [2.05, 4.69) is 40.5 Å². The molecule has 0 saturated carbocycles. The zero-order valence-electron chi connectivity index (χ0n) is 15.8. The van der Waals surface area contributed by atoms with Gasteiger partial charge in [-0.3, -0.25) is 9.69 Å². The molecule has 2 aromatic carbocycles. The first-order chi connectivity index (χ1) is 12.6. The number of likely N-dealkylation sites (tertiary alicyclic amines) is 1. The number of nitrogens with one attached hydrogen (secondary N) is 1. The number of nitrogens with zero attached hydrogens (tertiary/aromatic N) is 2. The first-order valence-corrected chi connectivity index (χ1v) is 9.43. The van der Waals surface area contributed by atoms with Gasteiger partial charge in [-0.1, -0.05) is 30.3 Å². The molecule has 1 amide bonds. The summed E-state index contributed by atoms with van der Waals surface area (Å²) in [4.78, 5) is 16.6. The molecule has 4 heteroatoms. The van der Waals surface area contributed by atoms with Crippen molar-refractivity contribution in [2.75, 3.05) is 43.9 Å². The summed E-state index contributed by atoms with van der Waals surface area (Å²) in [5.74, 6) is 0.805. The lowest BCUT2D eigenvalue weighted by Gasteiger charge is -2.31. The number of hydrogen-bond acceptors (Lipinski definition) is 3. The van der Waals surface area contributed by atoms with E-state index in [0.29, 0.717) is 6.54 Å². The molecule has 1 saturated heterocycles. The summed E-state index contributed by atoms with van der Waals surface area (Å²) < 4.78 is 0. The van der Waals surface area contributed by atoms with Gasteiger partial charge in [0.15, 0.2) is 0 Å². The molecule has 1 N–H and O–H groups in total. The van der Waals surface area contributed by atoms with E-state index in [9.17, 15) is 4.79 Å². The fraction of sp³-hybridized carbons (Fsp3) is 0.409. The first-order valence-electron chi connectivity index (χ1n) is 9.43. The van der Waals surface area contributed by atoms with Crippen LogP contribution in [0.1, 0.15) is 18.4 Å². The van der Waals surface area contributed by atoms with Gasteiger partial charge < -0.3 is 10.2 Å². The Balaban J connectivity index is 1.41. The van der Waals surface area contributed by atoms with Crippen molar-refractivity contribution in [2.24, 2.45) is 5.92 Å². The highest BCUT2D eigenvalue weighted by atomic mass is 16.2. The van der Waals surface area contributed by atoms with E-state index < -0.39 is 0 Å². The number of carbonyl (C=O) groups is 1. The first kappa shape index (κ1) is 18.5. The van der Waals surface area contributed by atoms with E-state index in [1.807, 2.05) is 43.3 Å². The number of rotatable bonds is 6. The average Bonchev–Trinajstić information content (AvgIpc) is 2.64. The van der Waals surface area contributed by atoms with Gasteiger partial charge in [0.1, 0.15) is 0 Å². The molecule has 1 aliphatic heterocycles. The molecule has 3 rings (SSSR count). The van der Waals surface area contributed by atoms with Crippen molar-refractivity contribution >= 4 is 17.3 Å². The van der Waals surface area contributed by atoms with Crippen LogP contribution in [0.2, 0.25) is 0 Å². The number of carbonyl (C=O) groups excluding carboxylic acids is 1. The Morgan fingerprint density at radius 2 is 1.69 bits per heavy atom. The van der Waals surface area contributed by atoms with Crippen LogP contribution >= 0.6 is 0 Å². The van der Waals surface area contributed by atoms with Crippen LogP contribution in [0, 0.1) is 5.92 Å². The van der Waals surface area contributed by atoms with Gasteiger partial charge in [-0.25, -0.2) is 0 Å². The van der Waals surface area contributed by atoms with Crippen LogP contribution in [-0.4, -0.2) is 44.5 Å². The molecule has 1 fully saturated rings. The van der Waals surface area contributed by atoms with Crippen molar-refractivity contribution < 1.29 is 4.79 Å². The highest BCUT2D eigenvalue weighted by molar-refractivity contribution is 5.92. The lowest BCUT2D eigenvalue weighted by molar-refractivity contribution is -0.117. The second kappa shape index (κ2) is 8.86. The standard InChI is InChI=1S/C22H29N3O/c1-24(2)21-10-8-20(9-11-21)23-22(26)17-25-14-12-19(13-15-25)16-18-6-4-3-5-7-18/h3-11,19H,12-17H2,1-2H3,(H,23,26). The molecular weight excluding hydrogens is 322 g/mol.